The average molecular weight is 235 g/mol. The van der Waals surface area contributed by atoms with Crippen molar-refractivity contribution in [2.24, 2.45) is 0 Å². The van der Waals surface area contributed by atoms with Crippen molar-refractivity contribution in [3.05, 3.63) is 23.9 Å². The van der Waals surface area contributed by atoms with Gasteiger partial charge in [-0.05, 0) is 31.5 Å². The molecule has 96 valence electrons. The first-order valence-electron chi connectivity index (χ1n) is 6.65. The minimum Gasteiger partial charge on any atom is -0.360 e. The first kappa shape index (κ1) is 14.0. The second-order valence-electron chi connectivity index (χ2n) is 4.44. The summed E-state index contributed by atoms with van der Waals surface area (Å²) in [6.45, 7) is 7.39. The third-order valence-corrected chi connectivity index (χ3v) is 2.76. The maximum absolute atomic E-state index is 4.66. The number of nitrogens with zero attached hydrogens (tertiary/aromatic N) is 2. The molecule has 0 saturated carbocycles. The molecule has 1 aromatic heterocycles. The van der Waals surface area contributed by atoms with Gasteiger partial charge in [0.05, 0.1) is 5.69 Å². The standard InChI is InChI=1S/C14H25N3/c1-4-6-11-17(3)14-9-7-8-13(16-14)12-15-10-5-2/h7-9,15H,4-6,10-12H2,1-3H3. The molecule has 3 heteroatoms. The van der Waals surface area contributed by atoms with E-state index >= 15 is 0 Å². The van der Waals surface area contributed by atoms with E-state index in [0.29, 0.717) is 0 Å². The summed E-state index contributed by atoms with van der Waals surface area (Å²) < 4.78 is 0. The third-order valence-electron chi connectivity index (χ3n) is 2.76. The lowest BCUT2D eigenvalue weighted by Gasteiger charge is -2.18. The number of nitrogens with one attached hydrogen (secondary N) is 1. The number of hydrogen-bond donors (Lipinski definition) is 1. The van der Waals surface area contributed by atoms with Crippen molar-refractivity contribution < 1.29 is 0 Å². The van der Waals surface area contributed by atoms with Gasteiger partial charge in [0, 0.05) is 20.1 Å². The zero-order valence-electron chi connectivity index (χ0n) is 11.4. The first-order chi connectivity index (χ1) is 8.27. The number of pyridine rings is 1. The van der Waals surface area contributed by atoms with E-state index in [1.54, 1.807) is 0 Å². The van der Waals surface area contributed by atoms with E-state index in [-0.39, 0.29) is 0 Å². The highest BCUT2D eigenvalue weighted by atomic mass is 15.2. The number of hydrogen-bond acceptors (Lipinski definition) is 3. The van der Waals surface area contributed by atoms with Gasteiger partial charge in [-0.1, -0.05) is 26.3 Å². The van der Waals surface area contributed by atoms with Gasteiger partial charge in [0.2, 0.25) is 0 Å². The summed E-state index contributed by atoms with van der Waals surface area (Å²) in [6.07, 6.45) is 3.61. The van der Waals surface area contributed by atoms with Gasteiger partial charge in [0.15, 0.2) is 0 Å². The van der Waals surface area contributed by atoms with Crippen molar-refractivity contribution in [2.75, 3.05) is 25.0 Å². The molecule has 1 rings (SSSR count). The minimum absolute atomic E-state index is 0.864. The molecule has 0 bridgehead atoms. The summed E-state index contributed by atoms with van der Waals surface area (Å²) in [6, 6.07) is 6.26. The molecule has 0 amide bonds. The molecule has 0 aliphatic rings. The van der Waals surface area contributed by atoms with Crippen LogP contribution in [0.15, 0.2) is 18.2 Å². The SMILES string of the molecule is CCCCN(C)c1cccc(CNCCC)n1. The Morgan fingerprint density at radius 2 is 2.06 bits per heavy atom. The average Bonchev–Trinajstić information content (AvgIpc) is 2.36. The molecule has 3 nitrogen and oxygen atoms in total. The van der Waals surface area contributed by atoms with Crippen LogP contribution >= 0.6 is 0 Å². The summed E-state index contributed by atoms with van der Waals surface area (Å²) >= 11 is 0. The smallest absolute Gasteiger partial charge is 0.128 e. The molecule has 0 saturated heterocycles. The summed E-state index contributed by atoms with van der Waals surface area (Å²) in [5.74, 6) is 1.08. The molecule has 0 aliphatic heterocycles. The fraction of sp³-hybridized carbons (Fsp3) is 0.643. The Bertz CT molecular complexity index is 312. The van der Waals surface area contributed by atoms with Crippen molar-refractivity contribution in [3.63, 3.8) is 0 Å². The summed E-state index contributed by atoms with van der Waals surface area (Å²) in [4.78, 5) is 6.89. The molecular weight excluding hydrogens is 210 g/mol. The molecule has 1 heterocycles. The number of anilines is 1. The van der Waals surface area contributed by atoms with Crippen molar-refractivity contribution in [1.29, 1.82) is 0 Å². The van der Waals surface area contributed by atoms with Gasteiger partial charge in [-0.25, -0.2) is 4.98 Å². The molecule has 0 aromatic carbocycles. The second-order valence-corrected chi connectivity index (χ2v) is 4.44. The summed E-state index contributed by atoms with van der Waals surface area (Å²) in [7, 11) is 2.11. The predicted octanol–water partition coefficient (Wildman–Crippen LogP) is 2.82. The number of aromatic nitrogens is 1. The van der Waals surface area contributed by atoms with Gasteiger partial charge in [0.25, 0.3) is 0 Å². The van der Waals surface area contributed by atoms with E-state index in [1.807, 2.05) is 0 Å². The molecule has 1 N–H and O–H groups in total. The van der Waals surface area contributed by atoms with Crippen LogP contribution in [0.2, 0.25) is 0 Å². The van der Waals surface area contributed by atoms with Crippen molar-refractivity contribution in [1.82, 2.24) is 10.3 Å². The number of unbranched alkanes of at least 4 members (excludes halogenated alkanes) is 1. The third kappa shape index (κ3) is 5.18. The van der Waals surface area contributed by atoms with Crippen LogP contribution < -0.4 is 10.2 Å². The lowest BCUT2D eigenvalue weighted by Crippen LogP contribution is -2.21. The zero-order valence-corrected chi connectivity index (χ0v) is 11.4. The highest BCUT2D eigenvalue weighted by Gasteiger charge is 2.02. The highest BCUT2D eigenvalue weighted by molar-refractivity contribution is 5.38. The van der Waals surface area contributed by atoms with E-state index in [4.69, 9.17) is 0 Å². The first-order valence-corrected chi connectivity index (χ1v) is 6.65. The Labute approximate surface area is 105 Å². The fourth-order valence-electron chi connectivity index (χ4n) is 1.68. The van der Waals surface area contributed by atoms with Gasteiger partial charge in [-0.3, -0.25) is 0 Å². The van der Waals surface area contributed by atoms with E-state index in [0.717, 1.165) is 37.6 Å². The Kier molecular flexibility index (Phi) is 6.63. The summed E-state index contributed by atoms with van der Waals surface area (Å²) in [5.41, 5.74) is 1.12. The van der Waals surface area contributed by atoms with Crippen LogP contribution in [0, 0.1) is 0 Å². The van der Waals surface area contributed by atoms with Crippen LogP contribution in [-0.2, 0) is 6.54 Å². The molecular formula is C14H25N3. The largest absolute Gasteiger partial charge is 0.360 e. The number of rotatable bonds is 8. The van der Waals surface area contributed by atoms with Crippen LogP contribution in [0.3, 0.4) is 0 Å². The lowest BCUT2D eigenvalue weighted by atomic mass is 10.3. The summed E-state index contributed by atoms with van der Waals surface area (Å²) in [5, 5.41) is 3.38. The molecule has 17 heavy (non-hydrogen) atoms. The van der Waals surface area contributed by atoms with E-state index in [2.05, 4.69) is 54.3 Å². The van der Waals surface area contributed by atoms with Gasteiger partial charge < -0.3 is 10.2 Å². The quantitative estimate of drug-likeness (QED) is 0.702. The molecule has 0 unspecified atom stereocenters. The second kappa shape index (κ2) is 8.07. The van der Waals surface area contributed by atoms with Crippen LogP contribution in [0.25, 0.3) is 0 Å². The lowest BCUT2D eigenvalue weighted by molar-refractivity contribution is 0.662. The maximum Gasteiger partial charge on any atom is 0.128 e. The van der Waals surface area contributed by atoms with Gasteiger partial charge in [0.1, 0.15) is 5.82 Å². The maximum atomic E-state index is 4.66. The van der Waals surface area contributed by atoms with Crippen molar-refractivity contribution in [3.8, 4) is 0 Å². The Morgan fingerprint density at radius 3 is 2.76 bits per heavy atom. The van der Waals surface area contributed by atoms with E-state index in [1.165, 1.54) is 12.8 Å². The molecule has 0 fully saturated rings. The van der Waals surface area contributed by atoms with Crippen LogP contribution in [0.4, 0.5) is 5.82 Å². The molecule has 0 radical (unpaired) electrons. The van der Waals surface area contributed by atoms with Crippen molar-refractivity contribution >= 4 is 5.82 Å². The van der Waals surface area contributed by atoms with Crippen LogP contribution in [0.1, 0.15) is 38.8 Å². The van der Waals surface area contributed by atoms with Gasteiger partial charge in [-0.15, -0.1) is 0 Å². The zero-order chi connectivity index (χ0) is 12.5. The van der Waals surface area contributed by atoms with E-state index < -0.39 is 0 Å². The van der Waals surface area contributed by atoms with Gasteiger partial charge in [-0.2, -0.15) is 0 Å². The van der Waals surface area contributed by atoms with Crippen molar-refractivity contribution in [2.45, 2.75) is 39.7 Å². The van der Waals surface area contributed by atoms with E-state index in [9.17, 15) is 0 Å². The molecule has 0 spiro atoms. The molecule has 0 atom stereocenters. The normalized spacial score (nSPS) is 10.5. The fourth-order valence-corrected chi connectivity index (χ4v) is 1.68. The molecule has 0 aliphatic carbocycles. The highest BCUT2D eigenvalue weighted by Crippen LogP contribution is 2.10. The van der Waals surface area contributed by atoms with Gasteiger partial charge >= 0.3 is 0 Å². The molecule has 1 aromatic rings. The Balaban J connectivity index is 2.52. The predicted molar refractivity (Wildman–Crippen MR) is 74.4 cm³/mol. The van der Waals surface area contributed by atoms with Crippen LogP contribution in [-0.4, -0.2) is 25.1 Å². The topological polar surface area (TPSA) is 28.2 Å². The Morgan fingerprint density at radius 1 is 1.24 bits per heavy atom. The monoisotopic (exact) mass is 235 g/mol. The minimum atomic E-state index is 0.864. The van der Waals surface area contributed by atoms with Crippen LogP contribution in [0.5, 0.6) is 0 Å². The Hall–Kier alpha value is -1.09.